The zero-order chi connectivity index (χ0) is 74.2. The number of nitrogens with zero attached hydrogens (tertiary/aromatic N) is 1. The van der Waals surface area contributed by atoms with Crippen molar-refractivity contribution in [2.75, 3.05) is 65.2 Å². The number of unbranched alkanes of at least 4 members (excludes halogenated alkanes) is 1. The van der Waals surface area contributed by atoms with Crippen LogP contribution in [0.3, 0.4) is 0 Å². The number of hydrogen-bond donors (Lipinski definition) is 14. The van der Waals surface area contributed by atoms with Gasteiger partial charge in [0.15, 0.2) is 0 Å². The molecule has 1 aliphatic rings. The van der Waals surface area contributed by atoms with Crippen molar-refractivity contribution < 1.29 is 43.2 Å². The predicted molar refractivity (Wildman–Crippen MR) is 404 cm³/mol. The molecule has 105 heavy (non-hydrogen) atoms. The lowest BCUT2D eigenvalue weighted by molar-refractivity contribution is -0.152. The lowest BCUT2D eigenvalue weighted by Crippen LogP contribution is -2.57. The maximum Gasteiger partial charge on any atom is 0.243 e. The number of rotatable bonds is 33. The molecule has 15 N–H and O–H groups in total. The topological polar surface area (TPSA) is 354 Å². The van der Waals surface area contributed by atoms with Crippen LogP contribution in [0.2, 0.25) is 0 Å². The molecule has 0 saturated carbocycles. The molecule has 24 heteroatoms. The molecule has 5 aromatic carbocycles. The molecule has 0 radical (unpaired) electrons. The van der Waals surface area contributed by atoms with Gasteiger partial charge in [0.1, 0.15) is 18.1 Å². The predicted octanol–water partition coefficient (Wildman–Crippen LogP) is 3.04. The first-order chi connectivity index (χ1) is 51.0. The first-order valence-electron chi connectivity index (χ1n) is 35.4. The summed E-state index contributed by atoms with van der Waals surface area (Å²) in [7, 11) is 3.14. The summed E-state index contributed by atoms with van der Waals surface area (Å²) in [5.74, 6) is -5.96. The number of fused-ring (bicyclic) bond motifs is 8. The van der Waals surface area contributed by atoms with Gasteiger partial charge in [-0.2, -0.15) is 0 Å². The molecule has 4 aromatic heterocycles. The lowest BCUT2D eigenvalue weighted by Gasteiger charge is -2.29. The van der Waals surface area contributed by atoms with Gasteiger partial charge in [-0.05, 0) is 141 Å². The van der Waals surface area contributed by atoms with Crippen LogP contribution in [0.25, 0.3) is 22.3 Å². The first-order valence-corrected chi connectivity index (χ1v) is 35.4. The van der Waals surface area contributed by atoms with Gasteiger partial charge in [-0.3, -0.25) is 48.1 Å². The van der Waals surface area contributed by atoms with E-state index in [9.17, 15) is 43.2 Å². The number of anilines is 1. The minimum Gasteiger partial charge on any atom is -0.354 e. The van der Waals surface area contributed by atoms with E-state index in [1.807, 2.05) is 80.6 Å². The van der Waals surface area contributed by atoms with E-state index in [4.69, 9.17) is 5.73 Å². The molecule has 9 aromatic rings. The second-order valence-corrected chi connectivity index (χ2v) is 26.0. The van der Waals surface area contributed by atoms with E-state index in [0.29, 0.717) is 24.1 Å². The normalized spacial score (nSPS) is 12.7. The van der Waals surface area contributed by atoms with Gasteiger partial charge in [0.2, 0.25) is 53.2 Å². The Balaban J connectivity index is 0.854. The summed E-state index contributed by atoms with van der Waals surface area (Å²) in [6.07, 6.45) is 0.0400. The van der Waals surface area contributed by atoms with E-state index in [1.165, 1.54) is 7.05 Å². The van der Waals surface area contributed by atoms with Crippen LogP contribution < -0.4 is 75.0 Å². The Kier molecular flexibility index (Phi) is 26.9. The highest BCUT2D eigenvalue weighted by atomic mass is 16.2. The molecule has 0 fully saturated rings. The lowest BCUT2D eigenvalue weighted by atomic mass is 10.0. The fraction of sp³-hybridized carbons (Fsp3) is 0.272. The quantitative estimate of drug-likeness (QED) is 0.0264. The van der Waals surface area contributed by atoms with Crippen LogP contribution in [0.1, 0.15) is 103 Å². The molecule has 9 amide bonds. The number of likely N-dealkylation sites (N-methyl/N-ethyl adjacent to an activating group) is 2. The van der Waals surface area contributed by atoms with Crippen LogP contribution in [-0.4, -0.2) is 156 Å². The van der Waals surface area contributed by atoms with Crippen molar-refractivity contribution in [2.24, 2.45) is 11.7 Å². The third-order valence-electron chi connectivity index (χ3n) is 17.7. The molecule has 0 saturated heterocycles. The summed E-state index contributed by atoms with van der Waals surface area (Å²) in [5, 5.41) is 27.7. The summed E-state index contributed by atoms with van der Waals surface area (Å²) in [4.78, 5) is 139. The number of carbonyl (C=O) groups is 9. The van der Waals surface area contributed by atoms with Crippen LogP contribution in [-0.2, 0) is 49.6 Å². The molecule has 5 heterocycles. The first kappa shape index (κ1) is 75.7. The molecule has 544 valence electrons. The number of nitrogens with one attached hydrogen (secondary N) is 13. The van der Waals surface area contributed by atoms with Crippen molar-refractivity contribution in [2.45, 2.75) is 76.9 Å². The Morgan fingerprint density at radius 3 is 1.32 bits per heavy atom. The number of H-pyrrole nitrogens is 4. The SMILES string of the molecule is CNCC(=O)NCCNC(=O)CNC(=O)[C@H](CC(C)C)NC(=O)[C@H](Cc1ccccc1)NC(=O)CNC(=O)[C@H](CCCCN)N(C(=O)CCC(=O)Nc1ccc(C2=c3ccc([nH]3)=C(c3ccccc3)c3ccc([nH]3)C(c3ccccc3)=c3ccc([nH]3)=C(c3ccccc3)c3ccc2[nH]3)cc1)C(=O)CNC. The molecule has 24 nitrogen and oxygen atoms in total. The average Bonchev–Trinajstić information content (AvgIpc) is 1.63. The van der Waals surface area contributed by atoms with Gasteiger partial charge in [-0.25, -0.2) is 0 Å². The number of carbonyl (C=O) groups excluding carboxylic acids is 9. The summed E-state index contributed by atoms with van der Waals surface area (Å²) < 4.78 is 0. The molecule has 3 atom stereocenters. The minimum atomic E-state index is -1.43. The van der Waals surface area contributed by atoms with Gasteiger partial charge < -0.3 is 73.5 Å². The summed E-state index contributed by atoms with van der Waals surface area (Å²) >= 11 is 0. The maximum atomic E-state index is 14.4. The van der Waals surface area contributed by atoms with E-state index in [1.54, 1.807) is 49.5 Å². The van der Waals surface area contributed by atoms with Crippen molar-refractivity contribution in [3.8, 4) is 0 Å². The third kappa shape index (κ3) is 20.4. The van der Waals surface area contributed by atoms with E-state index in [2.05, 4.69) is 153 Å². The second kappa shape index (κ2) is 37.3. The van der Waals surface area contributed by atoms with Gasteiger partial charge in [0, 0.05) is 105 Å². The fourth-order valence-electron chi connectivity index (χ4n) is 12.8. The molecule has 0 spiro atoms. The molecule has 10 rings (SSSR count). The van der Waals surface area contributed by atoms with Gasteiger partial charge in [-0.15, -0.1) is 0 Å². The zero-order valence-electron chi connectivity index (χ0n) is 59.4. The van der Waals surface area contributed by atoms with Gasteiger partial charge >= 0.3 is 0 Å². The van der Waals surface area contributed by atoms with E-state index in [0.717, 1.165) is 93.6 Å². The van der Waals surface area contributed by atoms with Crippen LogP contribution in [0.5, 0.6) is 0 Å². The highest BCUT2D eigenvalue weighted by Crippen LogP contribution is 2.29. The Hall–Kier alpha value is -12.0. The number of imide groups is 1. The Bertz CT molecular complexity index is 4780. The number of aromatic amines is 4. The monoisotopic (exact) mass is 1420 g/mol. The highest BCUT2D eigenvalue weighted by Gasteiger charge is 2.35. The number of aromatic nitrogens is 4. The van der Waals surface area contributed by atoms with Crippen molar-refractivity contribution in [3.63, 3.8) is 0 Å². The van der Waals surface area contributed by atoms with Gasteiger partial charge in [-0.1, -0.05) is 147 Å². The summed E-state index contributed by atoms with van der Waals surface area (Å²) in [6, 6.07) is 59.9. The van der Waals surface area contributed by atoms with E-state index >= 15 is 0 Å². The van der Waals surface area contributed by atoms with E-state index < -0.39 is 84.9 Å². The number of benzene rings is 5. The molecule has 8 bridgehead atoms. The summed E-state index contributed by atoms with van der Waals surface area (Å²) in [6.45, 7) is 2.91. The van der Waals surface area contributed by atoms with Crippen LogP contribution >= 0.6 is 0 Å². The second-order valence-electron chi connectivity index (χ2n) is 26.0. The van der Waals surface area contributed by atoms with Crippen molar-refractivity contribution in [1.82, 2.24) is 67.4 Å². The Labute approximate surface area is 608 Å². The number of nitrogens with two attached hydrogens (primary N) is 1. The molecular formula is C81H91N15O9. The Morgan fingerprint density at radius 2 is 0.857 bits per heavy atom. The van der Waals surface area contributed by atoms with Crippen molar-refractivity contribution in [3.05, 3.63) is 266 Å². The van der Waals surface area contributed by atoms with Gasteiger partial charge in [0.25, 0.3) is 0 Å². The largest absolute Gasteiger partial charge is 0.354 e. The smallest absolute Gasteiger partial charge is 0.243 e. The third-order valence-corrected chi connectivity index (χ3v) is 17.7. The van der Waals surface area contributed by atoms with Crippen molar-refractivity contribution in [1.29, 1.82) is 0 Å². The fourth-order valence-corrected chi connectivity index (χ4v) is 12.8. The van der Waals surface area contributed by atoms with Gasteiger partial charge in [0.05, 0.1) is 26.2 Å². The zero-order valence-corrected chi connectivity index (χ0v) is 59.4. The standard InChI is InChI=1S/C81H91N15O9/c1-51(2)45-66(79(103)87-48-71(99)86-44-43-85-70(98)47-83-3)95-80(104)67(46-52-19-9-5-10-20-52)94-72(100)49-88-81(105)68(27-17-18-42-82)96(74(102)50-84-4)73(101)41-40-69(97)89-57-30-28-56(29-31-57)78-64-38-36-62(92-64)76(54-23-13-7-14-24-54)60-34-32-58(90-60)75(53-21-11-6-12-22-53)59-33-35-61(91-59)77(55-25-15-8-16-26-55)63-37-39-65(78)93-63/h5-16,19-26,28-39,51,66-68,83-84,90-93H,17-18,27,40-50,82H2,1-4H3,(H,85,98)(H,86,99)(H,87,103)(H,88,105)(H,89,97)(H,94,100)(H,95,104)/t66-,67-,68-/m0/s1. The van der Waals surface area contributed by atoms with E-state index in [-0.39, 0.29) is 70.2 Å². The summed E-state index contributed by atoms with van der Waals surface area (Å²) in [5.41, 5.74) is 18.1. The number of hydrogen-bond acceptors (Lipinski definition) is 12. The molecule has 1 aliphatic heterocycles. The molecule has 0 aliphatic carbocycles. The average molecular weight is 1420 g/mol. The highest BCUT2D eigenvalue weighted by molar-refractivity contribution is 6.03. The molecular weight excluding hydrogens is 1330 g/mol. The van der Waals surface area contributed by atoms with Crippen LogP contribution in [0.4, 0.5) is 5.69 Å². The van der Waals surface area contributed by atoms with Crippen LogP contribution in [0, 0.1) is 5.92 Å². The maximum absolute atomic E-state index is 14.4. The minimum absolute atomic E-state index is 0.0193. The number of amides is 9. The van der Waals surface area contributed by atoms with Crippen LogP contribution in [0.15, 0.2) is 194 Å². The Morgan fingerprint density at radius 1 is 0.410 bits per heavy atom. The van der Waals surface area contributed by atoms with Crippen molar-refractivity contribution >= 4 is 81.1 Å². The molecule has 0 unspecified atom stereocenters.